The lowest BCUT2D eigenvalue weighted by molar-refractivity contribution is 0.361. The molecule has 1 heterocycles. The van der Waals surface area contributed by atoms with Crippen LogP contribution in [0.3, 0.4) is 0 Å². The summed E-state index contributed by atoms with van der Waals surface area (Å²) in [6, 6.07) is 10.0. The summed E-state index contributed by atoms with van der Waals surface area (Å²) in [6.45, 7) is 1.89. The lowest BCUT2D eigenvalue weighted by Crippen LogP contribution is -2.35. The van der Waals surface area contributed by atoms with Crippen LogP contribution in [0.1, 0.15) is 19.1 Å². The molecular weight excluding hydrogens is 302 g/mol. The SMILES string of the molecule is COc1ccc(S(=O)(=O)N(C)[C@H](C)CCc2ccco2)cc1. The molecule has 0 unspecified atom stereocenters. The van der Waals surface area contributed by atoms with Crippen LogP contribution < -0.4 is 4.74 Å². The van der Waals surface area contributed by atoms with Crippen molar-refractivity contribution < 1.29 is 17.6 Å². The van der Waals surface area contributed by atoms with Crippen molar-refractivity contribution in [3.63, 3.8) is 0 Å². The summed E-state index contributed by atoms with van der Waals surface area (Å²) in [5.74, 6) is 1.49. The van der Waals surface area contributed by atoms with Gasteiger partial charge in [0, 0.05) is 19.5 Å². The van der Waals surface area contributed by atoms with Crippen LogP contribution in [0.5, 0.6) is 5.75 Å². The number of nitrogens with zero attached hydrogens (tertiary/aromatic N) is 1. The van der Waals surface area contributed by atoms with Crippen molar-refractivity contribution >= 4 is 10.0 Å². The van der Waals surface area contributed by atoms with E-state index in [0.29, 0.717) is 18.6 Å². The average molecular weight is 323 g/mol. The summed E-state index contributed by atoms with van der Waals surface area (Å²) < 4.78 is 36.9. The molecule has 0 amide bonds. The molecule has 0 N–H and O–H groups in total. The van der Waals surface area contributed by atoms with Crippen LogP contribution in [0.25, 0.3) is 0 Å². The van der Waals surface area contributed by atoms with Crippen molar-refractivity contribution in [3.05, 3.63) is 48.4 Å². The zero-order chi connectivity index (χ0) is 16.2. The predicted molar refractivity (Wildman–Crippen MR) is 84.4 cm³/mol. The minimum absolute atomic E-state index is 0.128. The third kappa shape index (κ3) is 3.69. The van der Waals surface area contributed by atoms with Crippen molar-refractivity contribution in [1.29, 1.82) is 0 Å². The highest BCUT2D eigenvalue weighted by Crippen LogP contribution is 2.21. The Bertz CT molecular complexity index is 677. The van der Waals surface area contributed by atoms with Crippen molar-refractivity contribution in [2.75, 3.05) is 14.2 Å². The minimum Gasteiger partial charge on any atom is -0.497 e. The van der Waals surface area contributed by atoms with Gasteiger partial charge in [-0.2, -0.15) is 4.31 Å². The van der Waals surface area contributed by atoms with Gasteiger partial charge in [0.2, 0.25) is 10.0 Å². The van der Waals surface area contributed by atoms with E-state index in [1.165, 1.54) is 4.31 Å². The van der Waals surface area contributed by atoms with Crippen LogP contribution in [0, 0.1) is 0 Å². The smallest absolute Gasteiger partial charge is 0.243 e. The van der Waals surface area contributed by atoms with E-state index in [2.05, 4.69) is 0 Å². The zero-order valence-corrected chi connectivity index (χ0v) is 13.8. The Balaban J connectivity index is 2.06. The van der Waals surface area contributed by atoms with Crippen LogP contribution in [0.2, 0.25) is 0 Å². The van der Waals surface area contributed by atoms with E-state index in [-0.39, 0.29) is 10.9 Å². The molecule has 2 rings (SSSR count). The Morgan fingerprint density at radius 3 is 2.45 bits per heavy atom. The molecule has 0 radical (unpaired) electrons. The monoisotopic (exact) mass is 323 g/mol. The first kappa shape index (κ1) is 16.6. The fourth-order valence-electron chi connectivity index (χ4n) is 2.14. The highest BCUT2D eigenvalue weighted by atomic mass is 32.2. The molecule has 0 saturated heterocycles. The summed E-state index contributed by atoms with van der Waals surface area (Å²) in [6.07, 6.45) is 3.02. The first-order valence-corrected chi connectivity index (χ1v) is 8.53. The molecule has 1 aromatic carbocycles. The van der Waals surface area contributed by atoms with E-state index in [4.69, 9.17) is 9.15 Å². The Kier molecular flexibility index (Phi) is 5.26. The summed E-state index contributed by atoms with van der Waals surface area (Å²) in [5, 5.41) is 0. The van der Waals surface area contributed by atoms with Gasteiger partial charge in [0.1, 0.15) is 11.5 Å². The van der Waals surface area contributed by atoms with Gasteiger partial charge in [0.15, 0.2) is 0 Å². The topological polar surface area (TPSA) is 59.8 Å². The van der Waals surface area contributed by atoms with Gasteiger partial charge in [0.05, 0.1) is 18.3 Å². The molecule has 0 fully saturated rings. The van der Waals surface area contributed by atoms with Crippen LogP contribution in [-0.2, 0) is 16.4 Å². The number of methoxy groups -OCH3 is 1. The normalized spacial score (nSPS) is 13.3. The molecule has 0 bridgehead atoms. The van der Waals surface area contributed by atoms with Gasteiger partial charge in [0.25, 0.3) is 0 Å². The number of rotatable bonds is 7. The first-order chi connectivity index (χ1) is 10.4. The molecule has 0 aliphatic heterocycles. The molecule has 0 spiro atoms. The maximum absolute atomic E-state index is 12.6. The number of hydrogen-bond donors (Lipinski definition) is 0. The van der Waals surface area contributed by atoms with Crippen molar-refractivity contribution in [3.8, 4) is 5.75 Å². The lowest BCUT2D eigenvalue weighted by Gasteiger charge is -2.24. The Morgan fingerprint density at radius 2 is 1.91 bits per heavy atom. The number of ether oxygens (including phenoxy) is 1. The van der Waals surface area contributed by atoms with Gasteiger partial charge in [-0.15, -0.1) is 0 Å². The van der Waals surface area contributed by atoms with Gasteiger partial charge in [-0.25, -0.2) is 8.42 Å². The molecule has 6 heteroatoms. The Labute approximate surface area is 131 Å². The first-order valence-electron chi connectivity index (χ1n) is 7.09. The van der Waals surface area contributed by atoms with Crippen LogP contribution in [0.15, 0.2) is 52.0 Å². The number of benzene rings is 1. The van der Waals surface area contributed by atoms with Crippen molar-refractivity contribution in [2.45, 2.75) is 30.7 Å². The van der Waals surface area contributed by atoms with Gasteiger partial charge < -0.3 is 9.15 Å². The molecular formula is C16H21NO4S. The molecule has 1 aromatic heterocycles. The fourth-order valence-corrected chi connectivity index (χ4v) is 3.53. The molecule has 0 aliphatic rings. The molecule has 0 saturated carbocycles. The summed E-state index contributed by atoms with van der Waals surface area (Å²) in [4.78, 5) is 0.264. The standard InChI is InChI=1S/C16H21NO4S/c1-13(6-7-15-5-4-12-21-15)17(2)22(18,19)16-10-8-14(20-3)9-11-16/h4-5,8-13H,6-7H2,1-3H3/t13-/m1/s1. The van der Waals surface area contributed by atoms with Crippen LogP contribution >= 0.6 is 0 Å². The Morgan fingerprint density at radius 1 is 1.23 bits per heavy atom. The van der Waals surface area contributed by atoms with E-state index in [9.17, 15) is 8.42 Å². The quantitative estimate of drug-likeness (QED) is 0.786. The molecule has 120 valence electrons. The number of sulfonamides is 1. The largest absolute Gasteiger partial charge is 0.497 e. The molecule has 1 atom stereocenters. The molecule has 0 aliphatic carbocycles. The average Bonchev–Trinajstić information content (AvgIpc) is 3.05. The van der Waals surface area contributed by atoms with Crippen LogP contribution in [0.4, 0.5) is 0 Å². The summed E-state index contributed by atoms with van der Waals surface area (Å²) in [7, 11) is -0.356. The van der Waals surface area contributed by atoms with Crippen molar-refractivity contribution in [2.24, 2.45) is 0 Å². The lowest BCUT2D eigenvalue weighted by atomic mass is 10.1. The van der Waals surface area contributed by atoms with E-state index >= 15 is 0 Å². The summed E-state index contributed by atoms with van der Waals surface area (Å²) in [5.41, 5.74) is 0. The van der Waals surface area contributed by atoms with E-state index in [1.807, 2.05) is 19.1 Å². The van der Waals surface area contributed by atoms with E-state index in [1.54, 1.807) is 44.7 Å². The minimum atomic E-state index is -3.51. The number of aryl methyl sites for hydroxylation is 1. The summed E-state index contributed by atoms with van der Waals surface area (Å²) >= 11 is 0. The van der Waals surface area contributed by atoms with Crippen LogP contribution in [-0.4, -0.2) is 32.9 Å². The second kappa shape index (κ2) is 6.98. The molecule has 22 heavy (non-hydrogen) atoms. The highest BCUT2D eigenvalue weighted by molar-refractivity contribution is 7.89. The second-order valence-corrected chi connectivity index (χ2v) is 7.16. The maximum Gasteiger partial charge on any atom is 0.243 e. The zero-order valence-electron chi connectivity index (χ0n) is 13.0. The van der Waals surface area contributed by atoms with E-state index in [0.717, 1.165) is 5.76 Å². The predicted octanol–water partition coefficient (Wildman–Crippen LogP) is 2.93. The molecule has 2 aromatic rings. The van der Waals surface area contributed by atoms with E-state index < -0.39 is 10.0 Å². The van der Waals surface area contributed by atoms with Crippen molar-refractivity contribution in [1.82, 2.24) is 4.31 Å². The third-order valence-corrected chi connectivity index (χ3v) is 5.73. The van der Waals surface area contributed by atoms with Gasteiger partial charge in [-0.1, -0.05) is 0 Å². The van der Waals surface area contributed by atoms with Gasteiger partial charge in [-0.3, -0.25) is 0 Å². The third-order valence-electron chi connectivity index (χ3n) is 3.75. The molecule has 5 nitrogen and oxygen atoms in total. The maximum atomic E-state index is 12.6. The second-order valence-electron chi connectivity index (χ2n) is 5.16. The fraction of sp³-hybridized carbons (Fsp3) is 0.375. The Hall–Kier alpha value is -1.79. The van der Waals surface area contributed by atoms with Gasteiger partial charge in [-0.05, 0) is 49.7 Å². The number of furan rings is 1. The highest BCUT2D eigenvalue weighted by Gasteiger charge is 2.25. The van der Waals surface area contributed by atoms with Gasteiger partial charge >= 0.3 is 0 Å². The number of hydrogen-bond acceptors (Lipinski definition) is 4.